The second-order valence-electron chi connectivity index (χ2n) is 18.1. The minimum atomic E-state index is -4.22. The molecular formula is C44H48F6N12O5P+. The number of amides is 2. The zero-order chi connectivity index (χ0) is 48.6. The van der Waals surface area contributed by atoms with E-state index in [2.05, 4.69) is 33.0 Å². The van der Waals surface area contributed by atoms with Gasteiger partial charge in [0.05, 0.1) is 47.9 Å². The summed E-state index contributed by atoms with van der Waals surface area (Å²) >= 11 is 0. The maximum atomic E-state index is 13.1. The van der Waals surface area contributed by atoms with Gasteiger partial charge in [-0.05, 0) is 99.9 Å². The van der Waals surface area contributed by atoms with Gasteiger partial charge in [0.25, 0.3) is 11.8 Å². The number of halogens is 6. The van der Waals surface area contributed by atoms with Gasteiger partial charge in [-0.3, -0.25) is 28.8 Å². The molecule has 360 valence electrons. The average molecular weight is 970 g/mol. The molecule has 68 heavy (non-hydrogen) atoms. The average Bonchev–Trinajstić information content (AvgIpc) is 3.88. The molecule has 0 bridgehead atoms. The molecule has 0 unspecified atom stereocenters. The van der Waals surface area contributed by atoms with Crippen molar-refractivity contribution < 1.29 is 49.5 Å². The van der Waals surface area contributed by atoms with Crippen molar-refractivity contribution >= 4 is 43.1 Å². The Morgan fingerprint density at radius 3 is 1.29 bits per heavy atom. The Balaban J connectivity index is 0.852. The molecule has 0 spiro atoms. The van der Waals surface area contributed by atoms with Crippen molar-refractivity contribution in [2.75, 3.05) is 36.8 Å². The predicted octanol–water partition coefficient (Wildman–Crippen LogP) is 7.97. The molecule has 4 aliphatic rings. The third-order valence-electron chi connectivity index (χ3n) is 13.9. The van der Waals surface area contributed by atoms with Crippen molar-refractivity contribution in [1.29, 1.82) is 10.5 Å². The maximum Gasteiger partial charge on any atom is 0.805 e. The topological polar surface area (TPSA) is 235 Å². The van der Waals surface area contributed by atoms with Crippen LogP contribution in [0.15, 0.2) is 60.9 Å². The quantitative estimate of drug-likeness (QED) is 0.0617. The molecular weight excluding hydrogens is 922 g/mol. The molecule has 4 heterocycles. The summed E-state index contributed by atoms with van der Waals surface area (Å²) in [6, 6.07) is 16.7. The van der Waals surface area contributed by atoms with Crippen LogP contribution in [0, 0.1) is 34.5 Å². The van der Waals surface area contributed by atoms with Gasteiger partial charge in [0, 0.05) is 66.6 Å². The van der Waals surface area contributed by atoms with Gasteiger partial charge in [0.2, 0.25) is 0 Å². The first-order chi connectivity index (χ1) is 32.3. The van der Waals surface area contributed by atoms with Gasteiger partial charge in [-0.2, -0.15) is 47.1 Å². The third kappa shape index (κ3) is 10.2. The lowest BCUT2D eigenvalue weighted by atomic mass is 9.76. The Morgan fingerprint density at radius 2 is 1.00 bits per heavy atom. The molecule has 2 aliphatic heterocycles. The molecule has 2 aromatic heterocycles. The molecule has 2 amide bonds. The van der Waals surface area contributed by atoms with Crippen LogP contribution in [0.4, 0.5) is 49.4 Å². The number of alkyl halides is 6. The standard InChI is InChI=1S/C44H47F6N12O5P/c45-43(46,47)27-21-59(22-27)31-9-13-41(14-10-31,17-19-51)61-25-35(37(53)63)39(57-61)55-29-1-5-33(6-2-29)66-68(65)67-34-7-3-30(4-8-34)56-40-36(38(54)64)26-62(58-40)42(18-20-52)15-11-32(12-16-42)60-23-28(24-60)44(48,49)50/h1-8,25-28,31-32H,9-18,21-24H2,(H5-,53,54,55,56,57,58,63,64)/p+1. The molecule has 2 aliphatic carbocycles. The number of benzene rings is 2. The monoisotopic (exact) mass is 969 g/mol. The van der Waals surface area contributed by atoms with Gasteiger partial charge < -0.3 is 22.1 Å². The van der Waals surface area contributed by atoms with Crippen LogP contribution in [-0.2, 0) is 15.6 Å². The second-order valence-corrected chi connectivity index (χ2v) is 18.9. The first-order valence-corrected chi connectivity index (χ1v) is 23.1. The van der Waals surface area contributed by atoms with Crippen molar-refractivity contribution in [3.05, 3.63) is 72.1 Å². The number of anilines is 4. The number of nitrogens with two attached hydrogens (primary N) is 2. The third-order valence-corrected chi connectivity index (χ3v) is 14.6. The highest BCUT2D eigenvalue weighted by Gasteiger charge is 2.52. The largest absolute Gasteiger partial charge is 0.805 e. The zero-order valence-corrected chi connectivity index (χ0v) is 37.4. The number of nitrogens with zero attached hydrogens (tertiary/aromatic N) is 8. The van der Waals surface area contributed by atoms with E-state index in [1.54, 1.807) is 33.6 Å². The summed E-state index contributed by atoms with van der Waals surface area (Å²) in [5.74, 6) is -3.57. The molecule has 0 radical (unpaired) electrons. The number of hydrogen-bond acceptors (Lipinski definition) is 13. The van der Waals surface area contributed by atoms with Gasteiger partial charge >= 0.3 is 20.6 Å². The number of nitriles is 2. The fourth-order valence-corrected chi connectivity index (χ4v) is 10.4. The fraction of sp³-hybridized carbons (Fsp3) is 0.500. The maximum absolute atomic E-state index is 13.1. The summed E-state index contributed by atoms with van der Waals surface area (Å²) in [5.41, 5.74) is 10.9. The van der Waals surface area contributed by atoms with Crippen molar-refractivity contribution in [2.24, 2.45) is 23.3 Å². The Labute approximate surface area is 387 Å². The van der Waals surface area contributed by atoms with E-state index in [0.717, 1.165) is 0 Å². The van der Waals surface area contributed by atoms with Crippen LogP contribution >= 0.6 is 8.25 Å². The molecule has 24 heteroatoms. The van der Waals surface area contributed by atoms with Crippen LogP contribution in [0.2, 0.25) is 0 Å². The normalized spacial score (nSPS) is 24.1. The molecule has 8 rings (SSSR count). The van der Waals surface area contributed by atoms with E-state index in [-0.39, 0.29) is 85.4 Å². The highest BCUT2D eigenvalue weighted by atomic mass is 31.1. The first-order valence-electron chi connectivity index (χ1n) is 22.0. The summed E-state index contributed by atoms with van der Waals surface area (Å²) in [7, 11) is -2.73. The Morgan fingerprint density at radius 1 is 0.662 bits per heavy atom. The van der Waals surface area contributed by atoms with Crippen molar-refractivity contribution in [1.82, 2.24) is 29.4 Å². The highest BCUT2D eigenvalue weighted by Crippen LogP contribution is 2.45. The molecule has 4 fully saturated rings. The van der Waals surface area contributed by atoms with E-state index < -0.39 is 55.3 Å². The van der Waals surface area contributed by atoms with Crippen molar-refractivity contribution in [2.45, 2.75) is 99.7 Å². The van der Waals surface area contributed by atoms with Crippen LogP contribution in [-0.4, -0.2) is 91.8 Å². The lowest BCUT2D eigenvalue weighted by molar-refractivity contribution is -0.216. The fourth-order valence-electron chi connectivity index (χ4n) is 9.76. The van der Waals surface area contributed by atoms with Crippen LogP contribution in [0.5, 0.6) is 11.5 Å². The van der Waals surface area contributed by atoms with Crippen molar-refractivity contribution in [3.8, 4) is 23.6 Å². The summed E-state index contributed by atoms with van der Waals surface area (Å²) < 4.78 is 106. The summed E-state index contributed by atoms with van der Waals surface area (Å²) in [6.45, 7) is -0.159. The van der Waals surface area contributed by atoms with E-state index >= 15 is 0 Å². The number of nitrogens with one attached hydrogen (secondary N) is 2. The number of aromatic nitrogens is 4. The number of rotatable bonds is 16. The molecule has 2 saturated carbocycles. The number of primary amides is 2. The van der Waals surface area contributed by atoms with Crippen molar-refractivity contribution in [3.63, 3.8) is 0 Å². The Kier molecular flexibility index (Phi) is 13.4. The Bertz CT molecular complexity index is 2400. The number of carbonyl (C=O) groups is 2. The first kappa shape index (κ1) is 48.1. The van der Waals surface area contributed by atoms with Crippen LogP contribution in [0.3, 0.4) is 0 Å². The van der Waals surface area contributed by atoms with E-state index in [1.807, 2.05) is 9.80 Å². The zero-order valence-electron chi connectivity index (χ0n) is 36.5. The van der Waals surface area contributed by atoms with E-state index in [4.69, 9.17) is 20.5 Å². The van der Waals surface area contributed by atoms with E-state index in [1.165, 1.54) is 36.7 Å². The smallest absolute Gasteiger partial charge is 0.365 e. The molecule has 2 saturated heterocycles. The minimum absolute atomic E-state index is 0.0399. The minimum Gasteiger partial charge on any atom is -0.365 e. The van der Waals surface area contributed by atoms with Crippen LogP contribution in [0.25, 0.3) is 0 Å². The SMILES string of the molecule is N#CCC1(n2cc(C(N)=O)c(Nc3ccc(O[P+](=O)Oc4ccc(Nc5nn(C6(CC#N)CCC(N7CC(C(F)(F)F)C7)CC6)cc5C(N)=O)cc4)cc3)n2)CCC(N2CC(C(F)(F)F)C2)CC1. The lowest BCUT2D eigenvalue weighted by Crippen LogP contribution is -2.58. The molecule has 2 aromatic carbocycles. The highest BCUT2D eigenvalue weighted by molar-refractivity contribution is 7.34. The van der Waals surface area contributed by atoms with Gasteiger partial charge in [-0.15, -0.1) is 0 Å². The van der Waals surface area contributed by atoms with E-state index in [9.17, 15) is 51.0 Å². The lowest BCUT2D eigenvalue weighted by Gasteiger charge is -2.49. The summed E-state index contributed by atoms with van der Waals surface area (Å²) in [6.07, 6.45) is -1.24. The number of carbonyl (C=O) groups excluding carboxylic acids is 2. The number of hydrogen-bond donors (Lipinski definition) is 4. The molecule has 0 atom stereocenters. The molecule has 17 nitrogen and oxygen atoms in total. The van der Waals surface area contributed by atoms with Gasteiger partial charge in [-0.25, -0.2) is 9.05 Å². The number of likely N-dealkylation sites (tertiary alicyclic amines) is 2. The predicted molar refractivity (Wildman–Crippen MR) is 233 cm³/mol. The molecule has 4 aromatic rings. The van der Waals surface area contributed by atoms with Gasteiger partial charge in [0.1, 0.15) is 11.1 Å². The van der Waals surface area contributed by atoms with Gasteiger partial charge in [-0.1, -0.05) is 0 Å². The second kappa shape index (κ2) is 18.9. The summed E-state index contributed by atoms with van der Waals surface area (Å²) in [4.78, 5) is 28.7. The van der Waals surface area contributed by atoms with Crippen LogP contribution in [0.1, 0.15) is 84.9 Å². The Hall–Kier alpha value is -6.42. The summed E-state index contributed by atoms with van der Waals surface area (Å²) in [5, 5.41) is 34.9. The van der Waals surface area contributed by atoms with Gasteiger partial charge in [0.15, 0.2) is 23.1 Å². The molecule has 6 N–H and O–H groups in total. The van der Waals surface area contributed by atoms with Crippen LogP contribution < -0.4 is 31.1 Å². The van der Waals surface area contributed by atoms with E-state index in [0.29, 0.717) is 62.7 Å².